The zero-order valence-electron chi connectivity index (χ0n) is 15.3. The van der Waals surface area contributed by atoms with Gasteiger partial charge in [-0.1, -0.05) is 17.7 Å². The van der Waals surface area contributed by atoms with Crippen molar-refractivity contribution in [1.29, 1.82) is 0 Å². The van der Waals surface area contributed by atoms with Gasteiger partial charge in [0.15, 0.2) is 0 Å². The number of carbonyl (C=O) groups is 1. The van der Waals surface area contributed by atoms with Crippen LogP contribution in [0, 0.1) is 20.8 Å². The Morgan fingerprint density at radius 1 is 1.19 bits per heavy atom. The molecule has 0 fully saturated rings. The van der Waals surface area contributed by atoms with Gasteiger partial charge >= 0.3 is 0 Å². The standard InChI is InChI=1S/C19H23N5O2/c1-13-4-6-16(7-5-13)26-11-10-20-18(25)9-8-17-14(2)23-19-21-12-22-24(19)15(17)3/h4-7,12H,8-11H2,1-3H3,(H,20,25). The van der Waals surface area contributed by atoms with Crippen LogP contribution in [0.5, 0.6) is 5.75 Å². The third-order valence-electron chi connectivity index (χ3n) is 4.30. The molecule has 136 valence electrons. The first kappa shape index (κ1) is 17.8. The second kappa shape index (κ2) is 7.95. The smallest absolute Gasteiger partial charge is 0.252 e. The van der Waals surface area contributed by atoms with Gasteiger partial charge in [0, 0.05) is 17.8 Å². The van der Waals surface area contributed by atoms with Crippen LogP contribution in [0.1, 0.15) is 28.9 Å². The van der Waals surface area contributed by atoms with Gasteiger partial charge in [0.05, 0.1) is 6.54 Å². The maximum atomic E-state index is 12.1. The first-order valence-electron chi connectivity index (χ1n) is 8.66. The lowest BCUT2D eigenvalue weighted by atomic mass is 10.1. The highest BCUT2D eigenvalue weighted by Crippen LogP contribution is 2.15. The molecule has 7 nitrogen and oxygen atoms in total. The zero-order chi connectivity index (χ0) is 18.5. The molecule has 0 aliphatic heterocycles. The Morgan fingerprint density at radius 2 is 1.96 bits per heavy atom. The van der Waals surface area contributed by atoms with Crippen LogP contribution in [-0.4, -0.2) is 38.6 Å². The second-order valence-corrected chi connectivity index (χ2v) is 6.24. The molecule has 2 heterocycles. The highest BCUT2D eigenvalue weighted by Gasteiger charge is 2.12. The topological polar surface area (TPSA) is 81.4 Å². The summed E-state index contributed by atoms with van der Waals surface area (Å²) in [4.78, 5) is 20.6. The molecule has 3 aromatic rings. The minimum absolute atomic E-state index is 0.00464. The van der Waals surface area contributed by atoms with E-state index in [1.54, 1.807) is 4.52 Å². The molecule has 0 saturated heterocycles. The summed E-state index contributed by atoms with van der Waals surface area (Å²) in [5.74, 6) is 1.39. The van der Waals surface area contributed by atoms with E-state index in [4.69, 9.17) is 4.74 Å². The number of hydrogen-bond acceptors (Lipinski definition) is 5. The number of benzene rings is 1. The Morgan fingerprint density at radius 3 is 2.73 bits per heavy atom. The predicted octanol–water partition coefficient (Wildman–Crippen LogP) is 2.18. The van der Waals surface area contributed by atoms with Gasteiger partial charge in [-0.15, -0.1) is 0 Å². The second-order valence-electron chi connectivity index (χ2n) is 6.24. The molecule has 0 bridgehead atoms. The predicted molar refractivity (Wildman–Crippen MR) is 98.3 cm³/mol. The van der Waals surface area contributed by atoms with E-state index in [-0.39, 0.29) is 5.91 Å². The van der Waals surface area contributed by atoms with Crippen molar-refractivity contribution in [3.63, 3.8) is 0 Å². The number of amides is 1. The van der Waals surface area contributed by atoms with Gasteiger partial charge in [0.25, 0.3) is 5.78 Å². The van der Waals surface area contributed by atoms with E-state index >= 15 is 0 Å². The number of nitrogens with one attached hydrogen (secondary N) is 1. The summed E-state index contributed by atoms with van der Waals surface area (Å²) in [6, 6.07) is 7.85. The summed E-state index contributed by atoms with van der Waals surface area (Å²) in [6.07, 6.45) is 2.50. The van der Waals surface area contributed by atoms with Gasteiger partial charge in [0.2, 0.25) is 5.91 Å². The Kier molecular flexibility index (Phi) is 5.46. The quantitative estimate of drug-likeness (QED) is 0.659. The largest absolute Gasteiger partial charge is 0.492 e. The molecule has 0 aliphatic rings. The van der Waals surface area contributed by atoms with Gasteiger partial charge in [-0.05, 0) is 44.9 Å². The maximum Gasteiger partial charge on any atom is 0.252 e. The molecule has 0 atom stereocenters. The first-order valence-corrected chi connectivity index (χ1v) is 8.66. The number of rotatable bonds is 7. The Labute approximate surface area is 152 Å². The summed E-state index contributed by atoms with van der Waals surface area (Å²) >= 11 is 0. The van der Waals surface area contributed by atoms with Gasteiger partial charge in [-0.2, -0.15) is 10.1 Å². The molecule has 0 radical (unpaired) electrons. The van der Waals surface area contributed by atoms with E-state index in [0.717, 1.165) is 22.7 Å². The lowest BCUT2D eigenvalue weighted by Crippen LogP contribution is -2.28. The summed E-state index contributed by atoms with van der Waals surface area (Å²) in [5.41, 5.74) is 4.09. The van der Waals surface area contributed by atoms with Crippen molar-refractivity contribution in [3.05, 3.63) is 53.1 Å². The van der Waals surface area contributed by atoms with Crippen LogP contribution in [0.3, 0.4) is 0 Å². The molecular formula is C19H23N5O2. The van der Waals surface area contributed by atoms with E-state index in [1.165, 1.54) is 11.9 Å². The minimum Gasteiger partial charge on any atom is -0.492 e. The number of hydrogen-bond donors (Lipinski definition) is 1. The molecule has 0 saturated carbocycles. The Hall–Kier alpha value is -2.96. The fourth-order valence-electron chi connectivity index (χ4n) is 2.84. The molecule has 0 unspecified atom stereocenters. The van der Waals surface area contributed by atoms with Crippen molar-refractivity contribution in [2.24, 2.45) is 0 Å². The molecule has 0 aliphatic carbocycles. The van der Waals surface area contributed by atoms with Gasteiger partial charge in [-0.3, -0.25) is 4.79 Å². The number of aryl methyl sites for hydroxylation is 3. The summed E-state index contributed by atoms with van der Waals surface area (Å²) in [7, 11) is 0. The van der Waals surface area contributed by atoms with E-state index in [2.05, 4.69) is 20.4 Å². The third-order valence-corrected chi connectivity index (χ3v) is 4.30. The van der Waals surface area contributed by atoms with Crippen molar-refractivity contribution in [2.75, 3.05) is 13.2 Å². The Balaban J connectivity index is 1.46. The van der Waals surface area contributed by atoms with Crippen molar-refractivity contribution in [2.45, 2.75) is 33.6 Å². The molecule has 26 heavy (non-hydrogen) atoms. The molecular weight excluding hydrogens is 330 g/mol. The molecule has 1 N–H and O–H groups in total. The van der Waals surface area contributed by atoms with Crippen LogP contribution in [0.2, 0.25) is 0 Å². The van der Waals surface area contributed by atoms with Crippen molar-refractivity contribution >= 4 is 11.7 Å². The molecule has 2 aromatic heterocycles. The molecule has 1 amide bonds. The van der Waals surface area contributed by atoms with Crippen LogP contribution < -0.4 is 10.1 Å². The van der Waals surface area contributed by atoms with E-state index < -0.39 is 0 Å². The first-order chi connectivity index (χ1) is 12.5. The van der Waals surface area contributed by atoms with Crippen molar-refractivity contribution in [3.8, 4) is 5.75 Å². The number of carbonyl (C=O) groups excluding carboxylic acids is 1. The van der Waals surface area contributed by atoms with E-state index in [1.807, 2.05) is 45.0 Å². The number of ether oxygens (including phenoxy) is 1. The maximum absolute atomic E-state index is 12.1. The van der Waals surface area contributed by atoms with Crippen LogP contribution >= 0.6 is 0 Å². The monoisotopic (exact) mass is 353 g/mol. The molecule has 0 spiro atoms. The van der Waals surface area contributed by atoms with Crippen LogP contribution in [0.4, 0.5) is 0 Å². The SMILES string of the molecule is Cc1ccc(OCCNC(=O)CCc2c(C)nc3ncnn3c2C)cc1. The fourth-order valence-corrected chi connectivity index (χ4v) is 2.84. The summed E-state index contributed by atoms with van der Waals surface area (Å²) < 4.78 is 7.31. The average Bonchev–Trinajstić information content (AvgIpc) is 3.08. The van der Waals surface area contributed by atoms with E-state index in [0.29, 0.717) is 31.8 Å². The van der Waals surface area contributed by atoms with Crippen LogP contribution in [-0.2, 0) is 11.2 Å². The number of fused-ring (bicyclic) bond motifs is 1. The normalized spacial score (nSPS) is 10.9. The summed E-state index contributed by atoms with van der Waals surface area (Å²) in [6.45, 7) is 6.86. The molecule has 1 aromatic carbocycles. The zero-order valence-corrected chi connectivity index (χ0v) is 15.3. The fraction of sp³-hybridized carbons (Fsp3) is 0.368. The number of nitrogens with zero attached hydrogens (tertiary/aromatic N) is 4. The highest BCUT2D eigenvalue weighted by atomic mass is 16.5. The Bertz CT molecular complexity index is 902. The van der Waals surface area contributed by atoms with Gasteiger partial charge in [0.1, 0.15) is 18.7 Å². The highest BCUT2D eigenvalue weighted by molar-refractivity contribution is 5.76. The molecule has 3 rings (SSSR count). The lowest BCUT2D eigenvalue weighted by molar-refractivity contribution is -0.121. The van der Waals surface area contributed by atoms with Crippen LogP contribution in [0.15, 0.2) is 30.6 Å². The van der Waals surface area contributed by atoms with Gasteiger partial charge < -0.3 is 10.1 Å². The van der Waals surface area contributed by atoms with Gasteiger partial charge in [-0.25, -0.2) is 9.50 Å². The lowest BCUT2D eigenvalue weighted by Gasteiger charge is -2.11. The minimum atomic E-state index is -0.00464. The van der Waals surface area contributed by atoms with E-state index in [9.17, 15) is 4.79 Å². The van der Waals surface area contributed by atoms with Crippen LogP contribution in [0.25, 0.3) is 5.78 Å². The molecule has 7 heteroatoms. The average molecular weight is 353 g/mol. The number of aromatic nitrogens is 4. The third kappa shape index (κ3) is 4.17. The van der Waals surface area contributed by atoms with Crippen molar-refractivity contribution in [1.82, 2.24) is 24.9 Å². The summed E-state index contributed by atoms with van der Waals surface area (Å²) in [5, 5.41) is 7.05. The van der Waals surface area contributed by atoms with Crippen molar-refractivity contribution < 1.29 is 9.53 Å².